The number of aryl methyl sites for hydroxylation is 1. The van der Waals surface area contributed by atoms with Gasteiger partial charge in [-0.1, -0.05) is 13.8 Å². The van der Waals surface area contributed by atoms with E-state index >= 15 is 0 Å². The summed E-state index contributed by atoms with van der Waals surface area (Å²) in [6, 6.07) is 1.89. The number of aliphatic hydroxyl groups is 1. The molecule has 0 radical (unpaired) electrons. The molecular formula is C14H26N4O. The van der Waals surface area contributed by atoms with Crippen LogP contribution in [-0.4, -0.2) is 33.3 Å². The Morgan fingerprint density at radius 1 is 1.26 bits per heavy atom. The Balaban J connectivity index is 2.93. The Morgan fingerprint density at radius 3 is 2.42 bits per heavy atom. The molecule has 0 bridgehead atoms. The molecule has 0 aromatic carbocycles. The van der Waals surface area contributed by atoms with E-state index in [2.05, 4.69) is 27.5 Å². The fourth-order valence-corrected chi connectivity index (χ4v) is 1.50. The quantitative estimate of drug-likeness (QED) is 0.707. The number of aliphatic hydroxyl groups excluding tert-OH is 1. The fourth-order valence-electron chi connectivity index (χ4n) is 1.50. The molecule has 0 saturated heterocycles. The monoisotopic (exact) mass is 266 g/mol. The van der Waals surface area contributed by atoms with Gasteiger partial charge < -0.3 is 15.7 Å². The van der Waals surface area contributed by atoms with Gasteiger partial charge in [0.15, 0.2) is 0 Å². The molecule has 0 aliphatic rings. The van der Waals surface area contributed by atoms with Crippen LogP contribution in [0.2, 0.25) is 0 Å². The van der Waals surface area contributed by atoms with E-state index in [0.29, 0.717) is 0 Å². The molecule has 3 N–H and O–H groups in total. The van der Waals surface area contributed by atoms with Crippen LogP contribution in [0.15, 0.2) is 6.07 Å². The maximum atomic E-state index is 9.76. The van der Waals surface area contributed by atoms with Gasteiger partial charge in [-0.15, -0.1) is 0 Å². The zero-order chi connectivity index (χ0) is 14.5. The molecule has 19 heavy (non-hydrogen) atoms. The number of aromatic nitrogens is 2. The fraction of sp³-hybridized carbons (Fsp3) is 0.714. The average Bonchev–Trinajstić information content (AvgIpc) is 2.35. The molecule has 0 aliphatic heterocycles. The summed E-state index contributed by atoms with van der Waals surface area (Å²) < 4.78 is 0. The van der Waals surface area contributed by atoms with Crippen LogP contribution in [0.25, 0.3) is 0 Å². The van der Waals surface area contributed by atoms with E-state index in [1.165, 1.54) is 0 Å². The minimum Gasteiger partial charge on any atom is -0.391 e. The third kappa shape index (κ3) is 4.67. The summed E-state index contributed by atoms with van der Waals surface area (Å²) >= 11 is 0. The van der Waals surface area contributed by atoms with Crippen LogP contribution >= 0.6 is 0 Å². The maximum absolute atomic E-state index is 9.76. The normalized spacial score (nSPS) is 13.2. The standard InChI is InChI=1S/C14H26N4O/c1-6-8-15-12-9-13(17-11(7-2)16-12)18-14(4,5)10(3)19/h9-10,19H,6-8H2,1-5H3,(H2,15,16,17,18). The van der Waals surface area contributed by atoms with Crippen molar-refractivity contribution in [3.63, 3.8) is 0 Å². The van der Waals surface area contributed by atoms with Crippen molar-refractivity contribution in [2.45, 2.75) is 59.1 Å². The van der Waals surface area contributed by atoms with Crippen LogP contribution in [0.4, 0.5) is 11.6 Å². The minimum atomic E-state index is -0.473. The van der Waals surface area contributed by atoms with Crippen LogP contribution in [0.1, 0.15) is 46.9 Å². The number of hydrogen-bond acceptors (Lipinski definition) is 5. The van der Waals surface area contributed by atoms with Crippen molar-refractivity contribution in [1.29, 1.82) is 0 Å². The Labute approximate surface area is 115 Å². The molecular weight excluding hydrogens is 240 g/mol. The number of hydrogen-bond donors (Lipinski definition) is 3. The van der Waals surface area contributed by atoms with Gasteiger partial charge in [-0.2, -0.15) is 0 Å². The highest BCUT2D eigenvalue weighted by atomic mass is 16.3. The predicted octanol–water partition coefficient (Wildman–Crippen LogP) is 2.43. The predicted molar refractivity (Wildman–Crippen MR) is 79.6 cm³/mol. The molecule has 1 atom stereocenters. The van der Waals surface area contributed by atoms with E-state index in [0.717, 1.165) is 36.8 Å². The largest absolute Gasteiger partial charge is 0.391 e. The molecule has 1 aromatic heterocycles. The SMILES string of the molecule is CCCNc1cc(NC(C)(C)C(C)O)nc(CC)n1. The van der Waals surface area contributed by atoms with Crippen LogP contribution in [0.3, 0.4) is 0 Å². The van der Waals surface area contributed by atoms with E-state index in [-0.39, 0.29) is 0 Å². The van der Waals surface area contributed by atoms with Crippen LogP contribution in [-0.2, 0) is 6.42 Å². The van der Waals surface area contributed by atoms with Crippen molar-refractivity contribution in [1.82, 2.24) is 9.97 Å². The van der Waals surface area contributed by atoms with E-state index < -0.39 is 11.6 Å². The summed E-state index contributed by atoms with van der Waals surface area (Å²) in [7, 11) is 0. The van der Waals surface area contributed by atoms with Gasteiger partial charge in [0.05, 0.1) is 11.6 Å². The van der Waals surface area contributed by atoms with Crippen molar-refractivity contribution in [2.24, 2.45) is 0 Å². The van der Waals surface area contributed by atoms with Gasteiger partial charge in [0, 0.05) is 19.0 Å². The van der Waals surface area contributed by atoms with E-state index in [1.54, 1.807) is 6.92 Å². The lowest BCUT2D eigenvalue weighted by Crippen LogP contribution is -2.42. The summed E-state index contributed by atoms with van der Waals surface area (Å²) in [5.74, 6) is 2.37. The van der Waals surface area contributed by atoms with Gasteiger partial charge in [0.2, 0.25) is 0 Å². The molecule has 0 spiro atoms. The van der Waals surface area contributed by atoms with Crippen molar-refractivity contribution in [3.8, 4) is 0 Å². The summed E-state index contributed by atoms with van der Waals surface area (Å²) in [6.45, 7) is 10.7. The van der Waals surface area contributed by atoms with Crippen molar-refractivity contribution < 1.29 is 5.11 Å². The van der Waals surface area contributed by atoms with Crippen LogP contribution in [0, 0.1) is 0 Å². The molecule has 108 valence electrons. The lowest BCUT2D eigenvalue weighted by Gasteiger charge is -2.30. The molecule has 5 heteroatoms. The minimum absolute atomic E-state index is 0.429. The maximum Gasteiger partial charge on any atom is 0.132 e. The first-order valence-corrected chi connectivity index (χ1v) is 6.97. The highest BCUT2D eigenvalue weighted by Gasteiger charge is 2.24. The molecule has 1 aromatic rings. The lowest BCUT2D eigenvalue weighted by atomic mass is 9.99. The molecule has 1 heterocycles. The van der Waals surface area contributed by atoms with Crippen molar-refractivity contribution in [2.75, 3.05) is 17.2 Å². The molecule has 5 nitrogen and oxygen atoms in total. The second kappa shape index (κ2) is 6.70. The smallest absolute Gasteiger partial charge is 0.132 e. The Kier molecular flexibility index (Phi) is 5.54. The third-order valence-corrected chi connectivity index (χ3v) is 3.14. The van der Waals surface area contributed by atoms with E-state index in [9.17, 15) is 5.11 Å². The number of nitrogens with one attached hydrogen (secondary N) is 2. The lowest BCUT2D eigenvalue weighted by molar-refractivity contribution is 0.133. The van der Waals surface area contributed by atoms with Gasteiger partial charge in [-0.05, 0) is 27.2 Å². The molecule has 0 saturated carbocycles. The molecule has 1 rings (SSSR count). The number of anilines is 2. The zero-order valence-corrected chi connectivity index (χ0v) is 12.6. The summed E-state index contributed by atoms with van der Waals surface area (Å²) in [5, 5.41) is 16.3. The summed E-state index contributed by atoms with van der Waals surface area (Å²) in [6.07, 6.45) is 1.36. The van der Waals surface area contributed by atoms with Gasteiger partial charge in [0.1, 0.15) is 17.5 Å². The number of rotatable bonds is 7. The first-order valence-electron chi connectivity index (χ1n) is 6.97. The zero-order valence-electron chi connectivity index (χ0n) is 12.6. The van der Waals surface area contributed by atoms with Crippen LogP contribution in [0.5, 0.6) is 0 Å². The Hall–Kier alpha value is -1.36. The van der Waals surface area contributed by atoms with E-state index in [1.807, 2.05) is 26.8 Å². The van der Waals surface area contributed by atoms with Crippen LogP contribution < -0.4 is 10.6 Å². The second-order valence-electron chi connectivity index (χ2n) is 5.36. The summed E-state index contributed by atoms with van der Waals surface area (Å²) in [5.41, 5.74) is -0.429. The van der Waals surface area contributed by atoms with Gasteiger partial charge in [-0.3, -0.25) is 0 Å². The van der Waals surface area contributed by atoms with Gasteiger partial charge in [0.25, 0.3) is 0 Å². The number of nitrogens with zero attached hydrogens (tertiary/aromatic N) is 2. The Bertz CT molecular complexity index is 404. The summed E-state index contributed by atoms with van der Waals surface area (Å²) in [4.78, 5) is 8.89. The molecule has 0 amide bonds. The third-order valence-electron chi connectivity index (χ3n) is 3.14. The van der Waals surface area contributed by atoms with Crippen molar-refractivity contribution in [3.05, 3.63) is 11.9 Å². The molecule has 0 aliphatic carbocycles. The van der Waals surface area contributed by atoms with E-state index in [4.69, 9.17) is 0 Å². The second-order valence-corrected chi connectivity index (χ2v) is 5.36. The first kappa shape index (κ1) is 15.7. The van der Waals surface area contributed by atoms with Gasteiger partial charge in [-0.25, -0.2) is 9.97 Å². The first-order chi connectivity index (χ1) is 8.89. The molecule has 1 unspecified atom stereocenters. The molecule has 0 fully saturated rings. The highest BCUT2D eigenvalue weighted by molar-refractivity contribution is 5.49. The Morgan fingerprint density at radius 2 is 1.89 bits per heavy atom. The van der Waals surface area contributed by atoms with Gasteiger partial charge >= 0.3 is 0 Å². The highest BCUT2D eigenvalue weighted by Crippen LogP contribution is 2.19. The topological polar surface area (TPSA) is 70.1 Å². The average molecular weight is 266 g/mol. The van der Waals surface area contributed by atoms with Crippen molar-refractivity contribution >= 4 is 11.6 Å².